The summed E-state index contributed by atoms with van der Waals surface area (Å²) < 4.78 is 4.77. The topological polar surface area (TPSA) is 153 Å². The van der Waals surface area contributed by atoms with Gasteiger partial charge in [0, 0.05) is 5.69 Å². The Morgan fingerprint density at radius 3 is 2.24 bits per heavy atom. The number of aliphatic hydroxyl groups is 5. The van der Waals surface area contributed by atoms with Gasteiger partial charge in [0.05, 0.1) is 12.2 Å². The summed E-state index contributed by atoms with van der Waals surface area (Å²) in [5.74, 6) is -0.795. The summed E-state index contributed by atoms with van der Waals surface area (Å²) in [5.41, 5.74) is 5.89. The molecule has 0 saturated heterocycles. The van der Waals surface area contributed by atoms with Gasteiger partial charge in [0.2, 0.25) is 0 Å². The van der Waals surface area contributed by atoms with Crippen molar-refractivity contribution in [3.8, 4) is 0 Å². The van der Waals surface area contributed by atoms with Gasteiger partial charge in [-0.3, -0.25) is 0 Å². The molecule has 0 aliphatic heterocycles. The molecule has 0 aromatic heterocycles. The predicted octanol–water partition coefficient (Wildman–Crippen LogP) is -2.14. The highest BCUT2D eigenvalue weighted by Gasteiger charge is 2.30. The standard InChI is InChI=1S/C13H19NO7/c14-8-4-2-1-3-7(8)13(20)21-6-10(17)12(19)11(18)9(16)5-15/h1-4,9-12,15-19H,5-6,14H2/t9-,10-,11+,12-/m0/s1. The second-order valence-electron chi connectivity index (χ2n) is 4.48. The van der Waals surface area contributed by atoms with E-state index in [-0.39, 0.29) is 11.3 Å². The molecule has 0 bridgehead atoms. The molecule has 0 amide bonds. The normalized spacial score (nSPS) is 16.8. The van der Waals surface area contributed by atoms with Crippen molar-refractivity contribution in [1.29, 1.82) is 0 Å². The molecule has 118 valence electrons. The SMILES string of the molecule is Nc1ccccc1C(=O)OC[C@H](O)[C@H](O)[C@H](O)[C@@H](O)CO. The Hall–Kier alpha value is -1.71. The zero-order chi connectivity index (χ0) is 16.0. The number of carbonyl (C=O) groups is 1. The van der Waals surface area contributed by atoms with Crippen LogP contribution < -0.4 is 5.73 Å². The number of esters is 1. The molecule has 0 heterocycles. The smallest absolute Gasteiger partial charge is 0.340 e. The zero-order valence-corrected chi connectivity index (χ0v) is 11.2. The first-order chi connectivity index (χ1) is 9.88. The highest BCUT2D eigenvalue weighted by molar-refractivity contribution is 5.94. The van der Waals surface area contributed by atoms with Crippen molar-refractivity contribution in [2.45, 2.75) is 24.4 Å². The fraction of sp³-hybridized carbons (Fsp3) is 0.462. The minimum Gasteiger partial charge on any atom is -0.459 e. The third-order valence-electron chi connectivity index (χ3n) is 2.89. The number of benzene rings is 1. The van der Waals surface area contributed by atoms with Crippen molar-refractivity contribution in [3.05, 3.63) is 29.8 Å². The van der Waals surface area contributed by atoms with E-state index in [0.717, 1.165) is 0 Å². The molecule has 0 aliphatic carbocycles. The van der Waals surface area contributed by atoms with Gasteiger partial charge in [-0.1, -0.05) is 12.1 Å². The Kier molecular flexibility index (Phi) is 6.53. The molecule has 0 unspecified atom stereocenters. The number of ether oxygens (including phenoxy) is 1. The lowest BCUT2D eigenvalue weighted by Crippen LogP contribution is -2.47. The van der Waals surface area contributed by atoms with Gasteiger partial charge in [0.15, 0.2) is 0 Å². The molecule has 21 heavy (non-hydrogen) atoms. The van der Waals surface area contributed by atoms with E-state index in [4.69, 9.17) is 20.7 Å². The predicted molar refractivity (Wildman–Crippen MR) is 72.2 cm³/mol. The highest BCUT2D eigenvalue weighted by atomic mass is 16.5. The first-order valence-corrected chi connectivity index (χ1v) is 6.23. The van der Waals surface area contributed by atoms with E-state index < -0.39 is 43.6 Å². The first kappa shape index (κ1) is 17.3. The average Bonchev–Trinajstić information content (AvgIpc) is 2.50. The van der Waals surface area contributed by atoms with E-state index in [2.05, 4.69) is 0 Å². The Balaban J connectivity index is 2.55. The molecule has 1 rings (SSSR count). The minimum atomic E-state index is -1.78. The van der Waals surface area contributed by atoms with Gasteiger partial charge < -0.3 is 36.0 Å². The van der Waals surface area contributed by atoms with E-state index in [0.29, 0.717) is 0 Å². The summed E-state index contributed by atoms with van der Waals surface area (Å²) in [6.07, 6.45) is -6.80. The Morgan fingerprint density at radius 2 is 1.67 bits per heavy atom. The Bertz CT molecular complexity index is 468. The van der Waals surface area contributed by atoms with Gasteiger partial charge in [-0.05, 0) is 12.1 Å². The van der Waals surface area contributed by atoms with Crippen molar-refractivity contribution >= 4 is 11.7 Å². The number of aliphatic hydroxyl groups excluding tert-OH is 5. The van der Waals surface area contributed by atoms with Crippen LogP contribution in [0.2, 0.25) is 0 Å². The fourth-order valence-electron chi connectivity index (χ4n) is 1.58. The van der Waals surface area contributed by atoms with Crippen LogP contribution in [0.25, 0.3) is 0 Å². The van der Waals surface area contributed by atoms with Gasteiger partial charge in [-0.25, -0.2) is 4.79 Å². The Morgan fingerprint density at radius 1 is 1.10 bits per heavy atom. The average molecular weight is 301 g/mol. The molecule has 1 aromatic carbocycles. The van der Waals surface area contributed by atoms with Crippen LogP contribution in [0.4, 0.5) is 5.69 Å². The van der Waals surface area contributed by atoms with Crippen LogP contribution in [0.3, 0.4) is 0 Å². The number of carbonyl (C=O) groups excluding carboxylic acids is 1. The van der Waals surface area contributed by atoms with Crippen molar-refractivity contribution in [2.75, 3.05) is 18.9 Å². The molecular formula is C13H19NO7. The lowest BCUT2D eigenvalue weighted by molar-refractivity contribution is -0.124. The summed E-state index contributed by atoms with van der Waals surface area (Å²) in [4.78, 5) is 11.7. The lowest BCUT2D eigenvalue weighted by atomic mass is 10.0. The number of anilines is 1. The van der Waals surface area contributed by atoms with Gasteiger partial charge in [0.1, 0.15) is 31.0 Å². The van der Waals surface area contributed by atoms with Crippen molar-refractivity contribution in [3.63, 3.8) is 0 Å². The maximum Gasteiger partial charge on any atom is 0.340 e. The molecule has 0 fully saturated rings. The Labute approximate surface area is 121 Å². The molecule has 8 heteroatoms. The summed E-state index contributed by atoms with van der Waals surface area (Å²) in [6, 6.07) is 6.16. The first-order valence-electron chi connectivity index (χ1n) is 6.23. The monoisotopic (exact) mass is 301 g/mol. The number of nitrogen functional groups attached to an aromatic ring is 1. The maximum atomic E-state index is 11.7. The second-order valence-corrected chi connectivity index (χ2v) is 4.48. The number of hydrogen-bond acceptors (Lipinski definition) is 8. The van der Waals surface area contributed by atoms with E-state index in [1.54, 1.807) is 12.1 Å². The van der Waals surface area contributed by atoms with Crippen molar-refractivity contribution < 1.29 is 35.1 Å². The minimum absolute atomic E-state index is 0.107. The number of hydrogen-bond donors (Lipinski definition) is 6. The molecule has 8 nitrogen and oxygen atoms in total. The van der Waals surface area contributed by atoms with Crippen LogP contribution in [-0.4, -0.2) is 69.1 Å². The van der Waals surface area contributed by atoms with Crippen LogP contribution in [0, 0.1) is 0 Å². The molecule has 0 radical (unpaired) electrons. The zero-order valence-electron chi connectivity index (χ0n) is 11.2. The molecule has 1 aromatic rings. The van der Waals surface area contributed by atoms with Crippen molar-refractivity contribution in [2.24, 2.45) is 0 Å². The quantitative estimate of drug-likeness (QED) is 0.246. The molecule has 0 saturated carbocycles. The summed E-state index contributed by atoms with van der Waals surface area (Å²) >= 11 is 0. The maximum absolute atomic E-state index is 11.7. The van der Waals surface area contributed by atoms with Gasteiger partial charge in [0.25, 0.3) is 0 Å². The van der Waals surface area contributed by atoms with Gasteiger partial charge >= 0.3 is 5.97 Å². The molecule has 7 N–H and O–H groups in total. The van der Waals surface area contributed by atoms with Crippen LogP contribution in [0.1, 0.15) is 10.4 Å². The molecule has 4 atom stereocenters. The van der Waals surface area contributed by atoms with Gasteiger partial charge in [-0.2, -0.15) is 0 Å². The van der Waals surface area contributed by atoms with E-state index in [1.165, 1.54) is 12.1 Å². The van der Waals surface area contributed by atoms with Crippen LogP contribution in [0.15, 0.2) is 24.3 Å². The summed E-state index contributed by atoms with van der Waals surface area (Å²) in [7, 11) is 0. The molecular weight excluding hydrogens is 282 g/mol. The van der Waals surface area contributed by atoms with Crippen LogP contribution >= 0.6 is 0 Å². The highest BCUT2D eigenvalue weighted by Crippen LogP contribution is 2.13. The fourth-order valence-corrected chi connectivity index (χ4v) is 1.58. The molecule has 0 aliphatic rings. The third kappa shape index (κ3) is 4.66. The van der Waals surface area contributed by atoms with Gasteiger partial charge in [-0.15, -0.1) is 0 Å². The number of nitrogens with two attached hydrogens (primary N) is 1. The third-order valence-corrected chi connectivity index (χ3v) is 2.89. The lowest BCUT2D eigenvalue weighted by Gasteiger charge is -2.25. The van der Waals surface area contributed by atoms with E-state index >= 15 is 0 Å². The number of rotatable bonds is 7. The van der Waals surface area contributed by atoms with Crippen molar-refractivity contribution in [1.82, 2.24) is 0 Å². The van der Waals surface area contributed by atoms with E-state index in [9.17, 15) is 20.1 Å². The van der Waals surface area contributed by atoms with Crippen LogP contribution in [-0.2, 0) is 4.74 Å². The molecule has 0 spiro atoms. The summed E-state index contributed by atoms with van der Waals surface area (Å²) in [6.45, 7) is -1.39. The van der Waals surface area contributed by atoms with Crippen LogP contribution in [0.5, 0.6) is 0 Å². The van der Waals surface area contributed by atoms with E-state index in [1.807, 2.05) is 0 Å². The summed E-state index contributed by atoms with van der Waals surface area (Å²) in [5, 5.41) is 46.3. The number of para-hydroxylation sites is 1. The largest absolute Gasteiger partial charge is 0.459 e. The second kappa shape index (κ2) is 7.91.